The van der Waals surface area contributed by atoms with E-state index in [4.69, 9.17) is 14.6 Å². The quantitative estimate of drug-likeness (QED) is 0.932. The van der Waals surface area contributed by atoms with Gasteiger partial charge in [0.2, 0.25) is 0 Å². The first-order chi connectivity index (χ1) is 8.16. The van der Waals surface area contributed by atoms with Gasteiger partial charge in [0.15, 0.2) is 11.5 Å². The summed E-state index contributed by atoms with van der Waals surface area (Å²) in [7, 11) is 0. The topological polar surface area (TPSA) is 55.8 Å². The summed E-state index contributed by atoms with van der Waals surface area (Å²) in [6.45, 7) is 1.27. The molecule has 0 saturated carbocycles. The second kappa shape index (κ2) is 5.40. The van der Waals surface area contributed by atoms with Crippen LogP contribution in [0.4, 0.5) is 0 Å². The second-order valence-corrected chi connectivity index (χ2v) is 4.70. The van der Waals surface area contributed by atoms with Crippen LogP contribution in [0, 0.1) is 0 Å². The molecule has 1 aliphatic heterocycles. The number of benzene rings is 1. The zero-order valence-electron chi connectivity index (χ0n) is 9.24. The van der Waals surface area contributed by atoms with Crippen LogP contribution in [0.5, 0.6) is 11.5 Å². The third-order valence-corrected chi connectivity index (χ3v) is 3.08. The molecule has 0 saturated heterocycles. The van der Waals surface area contributed by atoms with Crippen molar-refractivity contribution in [2.75, 3.05) is 13.2 Å². The van der Waals surface area contributed by atoms with Crippen molar-refractivity contribution in [3.63, 3.8) is 0 Å². The van der Waals surface area contributed by atoms with Gasteiger partial charge in [0.1, 0.15) is 0 Å². The number of carboxylic acids is 1. The molecule has 0 bridgehead atoms. The molecule has 17 heavy (non-hydrogen) atoms. The maximum absolute atomic E-state index is 10.5. The van der Waals surface area contributed by atoms with E-state index >= 15 is 0 Å². The summed E-state index contributed by atoms with van der Waals surface area (Å²) in [6, 6.07) is 3.74. The highest BCUT2D eigenvalue weighted by molar-refractivity contribution is 9.10. The van der Waals surface area contributed by atoms with Gasteiger partial charge in [-0.15, -0.1) is 0 Å². The Labute approximate surface area is 108 Å². The van der Waals surface area contributed by atoms with Gasteiger partial charge in [-0.2, -0.15) is 0 Å². The normalized spacial score (nSPS) is 14.2. The summed E-state index contributed by atoms with van der Waals surface area (Å²) in [5.41, 5.74) is 0.934. The highest BCUT2D eigenvalue weighted by Gasteiger charge is 2.15. The monoisotopic (exact) mass is 300 g/mol. The van der Waals surface area contributed by atoms with Crippen LogP contribution in [0.1, 0.15) is 18.4 Å². The molecule has 92 valence electrons. The molecular weight excluding hydrogens is 288 g/mol. The molecule has 4 nitrogen and oxygen atoms in total. The third-order valence-electron chi connectivity index (χ3n) is 2.49. The molecule has 1 N–H and O–H groups in total. The molecule has 0 aliphatic carbocycles. The predicted molar refractivity (Wildman–Crippen MR) is 65.7 cm³/mol. The predicted octanol–water partition coefficient (Wildman–Crippen LogP) is 2.63. The van der Waals surface area contributed by atoms with Gasteiger partial charge in [0, 0.05) is 12.8 Å². The number of hydrogen-bond donors (Lipinski definition) is 1. The van der Waals surface area contributed by atoms with Crippen LogP contribution in [0.3, 0.4) is 0 Å². The standard InChI is InChI=1S/C12H13BrO4/c13-9-6-8(2-3-11(14)15)7-10-12(9)17-5-1-4-16-10/h6-7H,1-5H2,(H,14,15). The summed E-state index contributed by atoms with van der Waals surface area (Å²) in [6.07, 6.45) is 1.46. The zero-order valence-corrected chi connectivity index (χ0v) is 10.8. The zero-order chi connectivity index (χ0) is 12.3. The number of fused-ring (bicyclic) bond motifs is 1. The van der Waals surface area contributed by atoms with Crippen molar-refractivity contribution in [1.82, 2.24) is 0 Å². The molecular formula is C12H13BrO4. The van der Waals surface area contributed by atoms with Gasteiger partial charge < -0.3 is 14.6 Å². The van der Waals surface area contributed by atoms with Crippen LogP contribution in [0.2, 0.25) is 0 Å². The van der Waals surface area contributed by atoms with Gasteiger partial charge in [-0.3, -0.25) is 4.79 Å². The van der Waals surface area contributed by atoms with Gasteiger partial charge in [-0.25, -0.2) is 0 Å². The molecule has 0 unspecified atom stereocenters. The van der Waals surface area contributed by atoms with Gasteiger partial charge >= 0.3 is 5.97 Å². The van der Waals surface area contributed by atoms with E-state index in [2.05, 4.69) is 15.9 Å². The fourth-order valence-corrected chi connectivity index (χ4v) is 2.28. The average Bonchev–Trinajstić information content (AvgIpc) is 2.51. The average molecular weight is 301 g/mol. The molecule has 5 heteroatoms. The summed E-state index contributed by atoms with van der Waals surface area (Å²) in [5, 5.41) is 8.66. The first-order valence-corrected chi connectivity index (χ1v) is 6.26. The van der Waals surface area contributed by atoms with Gasteiger partial charge in [-0.05, 0) is 40.0 Å². The van der Waals surface area contributed by atoms with Crippen LogP contribution >= 0.6 is 15.9 Å². The number of carboxylic acid groups (broad SMARTS) is 1. The van der Waals surface area contributed by atoms with E-state index in [1.54, 1.807) is 0 Å². The Morgan fingerprint density at radius 3 is 2.88 bits per heavy atom. The van der Waals surface area contributed by atoms with Gasteiger partial charge in [0.25, 0.3) is 0 Å². The van der Waals surface area contributed by atoms with E-state index < -0.39 is 5.97 Å². The first-order valence-electron chi connectivity index (χ1n) is 5.46. The van der Waals surface area contributed by atoms with E-state index in [1.807, 2.05) is 12.1 Å². The molecule has 0 amide bonds. The van der Waals surface area contributed by atoms with Crippen LogP contribution in [0.15, 0.2) is 16.6 Å². The molecule has 0 aromatic heterocycles. The van der Waals surface area contributed by atoms with Crippen LogP contribution in [-0.2, 0) is 11.2 Å². The van der Waals surface area contributed by atoms with Crippen LogP contribution < -0.4 is 9.47 Å². The molecule has 0 atom stereocenters. The lowest BCUT2D eigenvalue weighted by Crippen LogP contribution is -1.99. The molecule has 1 heterocycles. The fourth-order valence-electron chi connectivity index (χ4n) is 1.68. The number of rotatable bonds is 3. The Hall–Kier alpha value is -1.23. The smallest absolute Gasteiger partial charge is 0.303 e. The fraction of sp³-hybridized carbons (Fsp3) is 0.417. The highest BCUT2D eigenvalue weighted by atomic mass is 79.9. The largest absolute Gasteiger partial charge is 0.490 e. The SMILES string of the molecule is O=C(O)CCc1cc(Br)c2c(c1)OCCCO2. The van der Waals surface area contributed by atoms with E-state index in [-0.39, 0.29) is 6.42 Å². The number of aryl methyl sites for hydroxylation is 1. The van der Waals surface area contributed by atoms with Crippen LogP contribution in [0.25, 0.3) is 0 Å². The second-order valence-electron chi connectivity index (χ2n) is 3.85. The number of aliphatic carboxylic acids is 1. The summed E-state index contributed by atoms with van der Waals surface area (Å²) >= 11 is 3.42. The van der Waals surface area contributed by atoms with Crippen molar-refractivity contribution in [2.45, 2.75) is 19.3 Å². The Morgan fingerprint density at radius 1 is 1.35 bits per heavy atom. The number of ether oxygens (including phenoxy) is 2. The lowest BCUT2D eigenvalue weighted by atomic mass is 10.1. The van der Waals surface area contributed by atoms with Crippen molar-refractivity contribution in [1.29, 1.82) is 0 Å². The van der Waals surface area contributed by atoms with Crippen molar-refractivity contribution < 1.29 is 19.4 Å². The summed E-state index contributed by atoms with van der Waals surface area (Å²) in [4.78, 5) is 10.5. The summed E-state index contributed by atoms with van der Waals surface area (Å²) < 4.78 is 12.0. The lowest BCUT2D eigenvalue weighted by molar-refractivity contribution is -0.136. The minimum Gasteiger partial charge on any atom is -0.490 e. The van der Waals surface area contributed by atoms with Crippen LogP contribution in [-0.4, -0.2) is 24.3 Å². The molecule has 1 aromatic carbocycles. The molecule has 1 aliphatic rings. The van der Waals surface area contributed by atoms with E-state index in [9.17, 15) is 4.79 Å². The number of carbonyl (C=O) groups is 1. The number of halogens is 1. The molecule has 0 radical (unpaired) electrons. The van der Waals surface area contributed by atoms with Crippen molar-refractivity contribution >= 4 is 21.9 Å². The van der Waals surface area contributed by atoms with Gasteiger partial charge in [-0.1, -0.05) is 0 Å². The molecule has 2 rings (SSSR count). The third kappa shape index (κ3) is 3.12. The Balaban J connectivity index is 2.22. The first kappa shape index (κ1) is 12.2. The maximum Gasteiger partial charge on any atom is 0.303 e. The van der Waals surface area contributed by atoms with Gasteiger partial charge in [0.05, 0.1) is 17.7 Å². The maximum atomic E-state index is 10.5. The van der Waals surface area contributed by atoms with Crippen molar-refractivity contribution in [2.24, 2.45) is 0 Å². The van der Waals surface area contributed by atoms with Crippen molar-refractivity contribution in [3.05, 3.63) is 22.2 Å². The minimum absolute atomic E-state index is 0.117. The Bertz CT molecular complexity index is 431. The minimum atomic E-state index is -0.798. The van der Waals surface area contributed by atoms with Crippen molar-refractivity contribution in [3.8, 4) is 11.5 Å². The molecule has 1 aromatic rings. The van der Waals surface area contributed by atoms with E-state index in [0.717, 1.165) is 16.5 Å². The number of hydrogen-bond acceptors (Lipinski definition) is 3. The molecule has 0 fully saturated rings. The lowest BCUT2D eigenvalue weighted by Gasteiger charge is -2.11. The summed E-state index contributed by atoms with van der Waals surface area (Å²) in [5.74, 6) is 0.604. The molecule has 0 spiro atoms. The van der Waals surface area contributed by atoms with E-state index in [0.29, 0.717) is 31.1 Å². The Morgan fingerprint density at radius 2 is 2.12 bits per heavy atom. The highest BCUT2D eigenvalue weighted by Crippen LogP contribution is 2.38. The van der Waals surface area contributed by atoms with E-state index in [1.165, 1.54) is 0 Å². The Kier molecular flexibility index (Phi) is 3.89.